The Balaban J connectivity index is 2.10. The molecule has 1 fully saturated rings. The molecule has 0 radical (unpaired) electrons. The van der Waals surface area contributed by atoms with Crippen LogP contribution < -0.4 is 5.73 Å². The molecule has 0 amide bonds. The molecular weight excluding hydrogens is 220 g/mol. The molecule has 2 heteroatoms. The van der Waals surface area contributed by atoms with Crippen molar-refractivity contribution >= 4 is 0 Å². The van der Waals surface area contributed by atoms with E-state index in [9.17, 15) is 0 Å². The molecule has 0 saturated carbocycles. The van der Waals surface area contributed by atoms with E-state index in [-0.39, 0.29) is 5.54 Å². The Hall–Kier alpha value is -0.860. The summed E-state index contributed by atoms with van der Waals surface area (Å²) in [5.74, 6) is 0.622. The fraction of sp³-hybridized carbons (Fsp3) is 0.625. The van der Waals surface area contributed by atoms with Crippen LogP contribution >= 0.6 is 0 Å². The van der Waals surface area contributed by atoms with Gasteiger partial charge in [0.25, 0.3) is 0 Å². The first-order valence-electron chi connectivity index (χ1n) is 7.04. The highest BCUT2D eigenvalue weighted by Crippen LogP contribution is 2.33. The topological polar surface area (TPSA) is 29.3 Å². The maximum Gasteiger partial charge on any atom is 0.0239 e. The Morgan fingerprint density at radius 1 is 1.28 bits per heavy atom. The molecule has 100 valence electrons. The van der Waals surface area contributed by atoms with Gasteiger partial charge >= 0.3 is 0 Å². The van der Waals surface area contributed by atoms with Crippen molar-refractivity contribution in [2.24, 2.45) is 11.7 Å². The maximum absolute atomic E-state index is 5.93. The first-order chi connectivity index (χ1) is 8.54. The average molecular weight is 246 g/mol. The van der Waals surface area contributed by atoms with E-state index in [0.717, 1.165) is 13.1 Å². The Labute approximate surface area is 111 Å². The molecule has 1 aliphatic heterocycles. The zero-order valence-electron chi connectivity index (χ0n) is 11.9. The third-order valence-corrected chi connectivity index (χ3v) is 4.57. The van der Waals surface area contributed by atoms with Gasteiger partial charge in [0.1, 0.15) is 0 Å². The van der Waals surface area contributed by atoms with Gasteiger partial charge in [-0.1, -0.05) is 29.8 Å². The fourth-order valence-electron chi connectivity index (χ4n) is 3.03. The summed E-state index contributed by atoms with van der Waals surface area (Å²) in [6.07, 6.45) is 2.55. The lowest BCUT2D eigenvalue weighted by molar-refractivity contribution is 0.0190. The Morgan fingerprint density at radius 2 is 1.94 bits per heavy atom. The van der Waals surface area contributed by atoms with Crippen LogP contribution in [-0.4, -0.2) is 23.5 Å². The summed E-state index contributed by atoms with van der Waals surface area (Å²) in [5.41, 5.74) is 8.89. The second kappa shape index (κ2) is 5.41. The summed E-state index contributed by atoms with van der Waals surface area (Å²) in [4.78, 5) is 2.60. The lowest BCUT2D eigenvalue weighted by Crippen LogP contribution is -2.54. The van der Waals surface area contributed by atoms with Gasteiger partial charge in [0, 0.05) is 12.1 Å². The predicted molar refractivity (Wildman–Crippen MR) is 77.4 cm³/mol. The van der Waals surface area contributed by atoms with E-state index in [1.165, 1.54) is 30.5 Å². The molecule has 1 aromatic rings. The van der Waals surface area contributed by atoms with Crippen LogP contribution in [0.1, 0.15) is 37.8 Å². The second-order valence-corrected chi connectivity index (χ2v) is 6.14. The number of hydrogen-bond acceptors (Lipinski definition) is 2. The molecule has 1 atom stereocenters. The van der Waals surface area contributed by atoms with Crippen LogP contribution in [0.25, 0.3) is 0 Å². The highest BCUT2D eigenvalue weighted by atomic mass is 15.2. The smallest absolute Gasteiger partial charge is 0.0239 e. The maximum atomic E-state index is 5.93. The Bertz CT molecular complexity index is 381. The standard InChI is InChI=1S/C16H26N2/c1-13-6-8-14(9-7-13)12-18-10-4-5-15(11-17)16(18,2)3/h6-9,15H,4-5,10-12,17H2,1-3H3. The summed E-state index contributed by atoms with van der Waals surface area (Å²) in [6.45, 7) is 9.87. The van der Waals surface area contributed by atoms with E-state index in [1.54, 1.807) is 0 Å². The molecular formula is C16H26N2. The normalized spacial score (nSPS) is 24.1. The molecule has 18 heavy (non-hydrogen) atoms. The molecule has 0 aliphatic carbocycles. The van der Waals surface area contributed by atoms with Crippen molar-refractivity contribution in [3.8, 4) is 0 Å². The number of piperidine rings is 1. The monoisotopic (exact) mass is 246 g/mol. The number of rotatable bonds is 3. The summed E-state index contributed by atoms with van der Waals surface area (Å²) < 4.78 is 0. The van der Waals surface area contributed by atoms with Crippen molar-refractivity contribution in [1.82, 2.24) is 4.90 Å². The number of aryl methyl sites for hydroxylation is 1. The average Bonchev–Trinajstić information content (AvgIpc) is 2.34. The van der Waals surface area contributed by atoms with Gasteiger partial charge in [-0.15, -0.1) is 0 Å². The third kappa shape index (κ3) is 2.76. The number of benzene rings is 1. The summed E-state index contributed by atoms with van der Waals surface area (Å²) in [6, 6.07) is 8.90. The van der Waals surface area contributed by atoms with Crippen LogP contribution in [0.3, 0.4) is 0 Å². The minimum absolute atomic E-state index is 0.220. The zero-order chi connectivity index (χ0) is 13.2. The van der Waals surface area contributed by atoms with Crippen LogP contribution in [0.15, 0.2) is 24.3 Å². The van der Waals surface area contributed by atoms with E-state index in [1.807, 2.05) is 0 Å². The van der Waals surface area contributed by atoms with Gasteiger partial charge in [-0.3, -0.25) is 4.90 Å². The SMILES string of the molecule is Cc1ccc(CN2CCCC(CN)C2(C)C)cc1. The van der Waals surface area contributed by atoms with Crippen LogP contribution in [0.5, 0.6) is 0 Å². The Morgan fingerprint density at radius 3 is 2.56 bits per heavy atom. The number of hydrogen-bond donors (Lipinski definition) is 1. The van der Waals surface area contributed by atoms with E-state index < -0.39 is 0 Å². The molecule has 1 saturated heterocycles. The van der Waals surface area contributed by atoms with Crippen molar-refractivity contribution in [2.45, 2.75) is 45.7 Å². The van der Waals surface area contributed by atoms with Gasteiger partial charge in [-0.25, -0.2) is 0 Å². The predicted octanol–water partition coefficient (Wildman–Crippen LogP) is 2.94. The highest BCUT2D eigenvalue weighted by molar-refractivity contribution is 5.21. The van der Waals surface area contributed by atoms with E-state index in [0.29, 0.717) is 5.92 Å². The number of nitrogens with two attached hydrogens (primary N) is 1. The number of likely N-dealkylation sites (tertiary alicyclic amines) is 1. The molecule has 2 rings (SSSR count). The minimum Gasteiger partial charge on any atom is -0.330 e. The molecule has 1 heterocycles. The summed E-state index contributed by atoms with van der Waals surface area (Å²) in [5, 5.41) is 0. The van der Waals surface area contributed by atoms with Crippen molar-refractivity contribution < 1.29 is 0 Å². The molecule has 1 unspecified atom stereocenters. The van der Waals surface area contributed by atoms with Gasteiger partial charge in [0.2, 0.25) is 0 Å². The quantitative estimate of drug-likeness (QED) is 0.888. The van der Waals surface area contributed by atoms with Crippen LogP contribution in [0, 0.1) is 12.8 Å². The summed E-state index contributed by atoms with van der Waals surface area (Å²) in [7, 11) is 0. The van der Waals surface area contributed by atoms with Crippen molar-refractivity contribution in [1.29, 1.82) is 0 Å². The molecule has 2 nitrogen and oxygen atoms in total. The zero-order valence-corrected chi connectivity index (χ0v) is 11.9. The molecule has 1 aliphatic rings. The van der Waals surface area contributed by atoms with Gasteiger partial charge < -0.3 is 5.73 Å². The van der Waals surface area contributed by atoms with Crippen LogP contribution in [0.2, 0.25) is 0 Å². The van der Waals surface area contributed by atoms with Crippen molar-refractivity contribution in [2.75, 3.05) is 13.1 Å². The molecule has 0 bridgehead atoms. The number of nitrogens with zero attached hydrogens (tertiary/aromatic N) is 1. The summed E-state index contributed by atoms with van der Waals surface area (Å²) >= 11 is 0. The van der Waals surface area contributed by atoms with Gasteiger partial charge in [0.05, 0.1) is 0 Å². The largest absolute Gasteiger partial charge is 0.330 e. The van der Waals surface area contributed by atoms with Gasteiger partial charge in [-0.05, 0) is 58.2 Å². The molecule has 0 aromatic heterocycles. The van der Waals surface area contributed by atoms with E-state index in [4.69, 9.17) is 5.73 Å². The van der Waals surface area contributed by atoms with Gasteiger partial charge in [-0.2, -0.15) is 0 Å². The second-order valence-electron chi connectivity index (χ2n) is 6.14. The Kier molecular flexibility index (Phi) is 4.08. The highest BCUT2D eigenvalue weighted by Gasteiger charge is 2.37. The van der Waals surface area contributed by atoms with Crippen LogP contribution in [-0.2, 0) is 6.54 Å². The first-order valence-corrected chi connectivity index (χ1v) is 7.04. The van der Waals surface area contributed by atoms with E-state index in [2.05, 4.69) is 49.9 Å². The van der Waals surface area contributed by atoms with Crippen molar-refractivity contribution in [3.63, 3.8) is 0 Å². The third-order valence-electron chi connectivity index (χ3n) is 4.57. The lowest BCUT2D eigenvalue weighted by Gasteiger charge is -2.48. The van der Waals surface area contributed by atoms with E-state index >= 15 is 0 Å². The fourth-order valence-corrected chi connectivity index (χ4v) is 3.03. The van der Waals surface area contributed by atoms with Crippen molar-refractivity contribution in [3.05, 3.63) is 35.4 Å². The molecule has 0 spiro atoms. The van der Waals surface area contributed by atoms with Gasteiger partial charge in [0.15, 0.2) is 0 Å². The molecule has 1 aromatic carbocycles. The molecule has 2 N–H and O–H groups in total. The first kappa shape index (κ1) is 13.6. The minimum atomic E-state index is 0.220. The lowest BCUT2D eigenvalue weighted by atomic mass is 9.79. The van der Waals surface area contributed by atoms with Crippen LogP contribution in [0.4, 0.5) is 0 Å².